The highest BCUT2D eigenvalue weighted by Crippen LogP contribution is 2.37. The van der Waals surface area contributed by atoms with Gasteiger partial charge in [0.05, 0.1) is 0 Å². The van der Waals surface area contributed by atoms with E-state index < -0.39 is 0 Å². The lowest BCUT2D eigenvalue weighted by Gasteiger charge is -2.27. The standard InChI is InChI=1S/C20H26O/c1-19(2,3)15-12-13-18(17(14-15)20(4,5)6)21-16-10-8-7-9-11-16/h7-14H,1-6H3. The first-order chi connectivity index (χ1) is 9.68. The number of hydrogen-bond donors (Lipinski definition) is 0. The van der Waals surface area contributed by atoms with Crippen LogP contribution in [0.2, 0.25) is 0 Å². The van der Waals surface area contributed by atoms with E-state index in [1.165, 1.54) is 11.1 Å². The van der Waals surface area contributed by atoms with E-state index in [0.717, 1.165) is 11.5 Å². The summed E-state index contributed by atoms with van der Waals surface area (Å²) in [6.07, 6.45) is 0. The van der Waals surface area contributed by atoms with Gasteiger partial charge in [-0.2, -0.15) is 0 Å². The van der Waals surface area contributed by atoms with Gasteiger partial charge in [0, 0.05) is 5.56 Å². The fourth-order valence-electron chi connectivity index (χ4n) is 2.29. The average Bonchev–Trinajstić information content (AvgIpc) is 2.38. The first kappa shape index (κ1) is 15.6. The molecule has 0 saturated heterocycles. The summed E-state index contributed by atoms with van der Waals surface area (Å²) in [6.45, 7) is 13.4. The molecular weight excluding hydrogens is 256 g/mol. The van der Waals surface area contributed by atoms with Crippen LogP contribution in [0.5, 0.6) is 11.5 Å². The molecule has 2 aromatic carbocycles. The van der Waals surface area contributed by atoms with Crippen LogP contribution in [-0.2, 0) is 10.8 Å². The molecule has 0 radical (unpaired) electrons. The summed E-state index contributed by atoms with van der Waals surface area (Å²) in [5.41, 5.74) is 2.78. The quantitative estimate of drug-likeness (QED) is 0.649. The van der Waals surface area contributed by atoms with Crippen LogP contribution in [0.4, 0.5) is 0 Å². The molecule has 1 heteroatoms. The molecule has 0 aliphatic heterocycles. The third kappa shape index (κ3) is 3.87. The highest BCUT2D eigenvalue weighted by atomic mass is 16.5. The summed E-state index contributed by atoms with van der Waals surface area (Å²) in [5.74, 6) is 1.83. The minimum absolute atomic E-state index is 0.0470. The fraction of sp³-hybridized carbons (Fsp3) is 0.400. The van der Waals surface area contributed by atoms with Gasteiger partial charge in [0.25, 0.3) is 0 Å². The molecule has 0 bridgehead atoms. The van der Waals surface area contributed by atoms with E-state index in [4.69, 9.17) is 4.74 Å². The summed E-state index contributed by atoms with van der Waals surface area (Å²) < 4.78 is 6.10. The predicted octanol–water partition coefficient (Wildman–Crippen LogP) is 6.07. The molecule has 0 aliphatic rings. The number of para-hydroxylation sites is 1. The molecule has 2 aromatic rings. The molecule has 0 heterocycles. The number of benzene rings is 2. The van der Waals surface area contributed by atoms with Gasteiger partial charge in [-0.15, -0.1) is 0 Å². The zero-order valence-electron chi connectivity index (χ0n) is 14.0. The third-order valence-electron chi connectivity index (χ3n) is 3.62. The fourth-order valence-corrected chi connectivity index (χ4v) is 2.29. The van der Waals surface area contributed by atoms with Crippen molar-refractivity contribution < 1.29 is 4.74 Å². The summed E-state index contributed by atoms with van der Waals surface area (Å²) >= 11 is 0. The van der Waals surface area contributed by atoms with E-state index in [9.17, 15) is 0 Å². The molecule has 0 N–H and O–H groups in total. The molecule has 0 spiro atoms. The summed E-state index contributed by atoms with van der Waals surface area (Å²) in [5, 5.41) is 0. The van der Waals surface area contributed by atoms with Crippen molar-refractivity contribution in [1.82, 2.24) is 0 Å². The second-order valence-electron chi connectivity index (χ2n) is 7.63. The molecule has 0 aromatic heterocycles. The van der Waals surface area contributed by atoms with Gasteiger partial charge in [-0.1, -0.05) is 71.9 Å². The molecule has 0 fully saturated rings. The molecule has 0 aliphatic carbocycles. The topological polar surface area (TPSA) is 9.23 Å². The van der Waals surface area contributed by atoms with Crippen LogP contribution in [0.1, 0.15) is 52.7 Å². The average molecular weight is 282 g/mol. The second kappa shape index (κ2) is 5.55. The van der Waals surface area contributed by atoms with Gasteiger partial charge in [-0.3, -0.25) is 0 Å². The van der Waals surface area contributed by atoms with Gasteiger partial charge in [0.1, 0.15) is 11.5 Å². The van der Waals surface area contributed by atoms with Crippen LogP contribution < -0.4 is 4.74 Å². The molecule has 21 heavy (non-hydrogen) atoms. The Morgan fingerprint density at radius 1 is 0.714 bits per heavy atom. The van der Waals surface area contributed by atoms with E-state index in [0.29, 0.717) is 0 Å². The highest BCUT2D eigenvalue weighted by Gasteiger charge is 2.23. The first-order valence-electron chi connectivity index (χ1n) is 7.56. The summed E-state index contributed by atoms with van der Waals surface area (Å²) in [7, 11) is 0. The van der Waals surface area contributed by atoms with Gasteiger partial charge in [0.15, 0.2) is 0 Å². The predicted molar refractivity (Wildman–Crippen MR) is 90.4 cm³/mol. The van der Waals surface area contributed by atoms with Gasteiger partial charge in [0.2, 0.25) is 0 Å². The SMILES string of the molecule is CC(C)(C)c1ccc(Oc2ccccc2)c(C(C)(C)C)c1. The Hall–Kier alpha value is -1.76. The largest absolute Gasteiger partial charge is 0.457 e. The maximum Gasteiger partial charge on any atom is 0.131 e. The number of rotatable bonds is 2. The lowest BCUT2D eigenvalue weighted by atomic mass is 9.80. The van der Waals surface area contributed by atoms with E-state index in [1.807, 2.05) is 30.3 Å². The molecule has 0 amide bonds. The van der Waals surface area contributed by atoms with Crippen LogP contribution in [0, 0.1) is 0 Å². The lowest BCUT2D eigenvalue weighted by Crippen LogP contribution is -2.17. The lowest BCUT2D eigenvalue weighted by molar-refractivity contribution is 0.453. The smallest absolute Gasteiger partial charge is 0.131 e. The van der Waals surface area contributed by atoms with E-state index in [1.54, 1.807) is 0 Å². The van der Waals surface area contributed by atoms with Gasteiger partial charge in [-0.25, -0.2) is 0 Å². The first-order valence-corrected chi connectivity index (χ1v) is 7.56. The van der Waals surface area contributed by atoms with Crippen LogP contribution in [0.15, 0.2) is 48.5 Å². The monoisotopic (exact) mass is 282 g/mol. The number of hydrogen-bond acceptors (Lipinski definition) is 1. The van der Waals surface area contributed by atoms with Crippen molar-refractivity contribution in [2.24, 2.45) is 0 Å². The van der Waals surface area contributed by atoms with Gasteiger partial charge >= 0.3 is 0 Å². The normalized spacial score (nSPS) is 12.3. The van der Waals surface area contributed by atoms with E-state index in [2.05, 4.69) is 59.7 Å². The Balaban J connectivity index is 2.46. The van der Waals surface area contributed by atoms with Gasteiger partial charge < -0.3 is 4.74 Å². The van der Waals surface area contributed by atoms with Crippen molar-refractivity contribution in [2.45, 2.75) is 52.4 Å². The van der Waals surface area contributed by atoms with E-state index >= 15 is 0 Å². The van der Waals surface area contributed by atoms with Crippen LogP contribution in [-0.4, -0.2) is 0 Å². The minimum Gasteiger partial charge on any atom is -0.457 e. The Morgan fingerprint density at radius 3 is 1.86 bits per heavy atom. The van der Waals surface area contributed by atoms with Crippen molar-refractivity contribution in [3.05, 3.63) is 59.7 Å². The van der Waals surface area contributed by atoms with Gasteiger partial charge in [-0.05, 0) is 34.6 Å². The van der Waals surface area contributed by atoms with Crippen molar-refractivity contribution >= 4 is 0 Å². The van der Waals surface area contributed by atoms with Crippen molar-refractivity contribution in [3.8, 4) is 11.5 Å². The van der Waals surface area contributed by atoms with Crippen LogP contribution >= 0.6 is 0 Å². The van der Waals surface area contributed by atoms with Crippen molar-refractivity contribution in [2.75, 3.05) is 0 Å². The molecule has 2 rings (SSSR count). The Bertz CT molecular complexity index is 598. The van der Waals surface area contributed by atoms with Crippen molar-refractivity contribution in [1.29, 1.82) is 0 Å². The Morgan fingerprint density at radius 2 is 1.33 bits per heavy atom. The summed E-state index contributed by atoms with van der Waals surface area (Å²) in [4.78, 5) is 0. The van der Waals surface area contributed by atoms with E-state index in [-0.39, 0.29) is 10.8 Å². The molecule has 1 nitrogen and oxygen atoms in total. The second-order valence-corrected chi connectivity index (χ2v) is 7.63. The zero-order valence-corrected chi connectivity index (χ0v) is 14.0. The third-order valence-corrected chi connectivity index (χ3v) is 3.62. The molecule has 0 unspecified atom stereocenters. The highest BCUT2D eigenvalue weighted by molar-refractivity contribution is 5.45. The van der Waals surface area contributed by atoms with Crippen LogP contribution in [0.25, 0.3) is 0 Å². The van der Waals surface area contributed by atoms with Crippen molar-refractivity contribution in [3.63, 3.8) is 0 Å². The maximum absolute atomic E-state index is 6.10. The molecule has 112 valence electrons. The van der Waals surface area contributed by atoms with Crippen LogP contribution in [0.3, 0.4) is 0 Å². The minimum atomic E-state index is 0.0470. The molecule has 0 atom stereocenters. The molecule has 0 saturated carbocycles. The molecular formula is C20H26O. The zero-order chi connectivity index (χ0) is 15.7. The number of ether oxygens (including phenoxy) is 1. The Kier molecular flexibility index (Phi) is 4.13. The summed E-state index contributed by atoms with van der Waals surface area (Å²) in [6, 6.07) is 16.5. The maximum atomic E-state index is 6.10. The Labute approximate surface area is 129 Å².